The highest BCUT2D eigenvalue weighted by atomic mass is 19.3. The first-order valence-electron chi connectivity index (χ1n) is 3.53. The summed E-state index contributed by atoms with van der Waals surface area (Å²) in [5.41, 5.74) is 2.19. The molecule has 0 atom stereocenters. The van der Waals surface area contributed by atoms with Crippen molar-refractivity contribution in [2.24, 2.45) is 5.84 Å². The summed E-state index contributed by atoms with van der Waals surface area (Å²) in [7, 11) is 0. The van der Waals surface area contributed by atoms with Gasteiger partial charge in [-0.15, -0.1) is 0 Å². The minimum absolute atomic E-state index is 0.126. The Kier molecular flexibility index (Phi) is 2.92. The second-order valence-corrected chi connectivity index (χ2v) is 2.41. The topological polar surface area (TPSA) is 55.1 Å². The van der Waals surface area contributed by atoms with Crippen LogP contribution < -0.4 is 11.3 Å². The van der Waals surface area contributed by atoms with E-state index in [2.05, 4.69) is 5.43 Å². The zero-order chi connectivity index (χ0) is 9.84. The van der Waals surface area contributed by atoms with Crippen molar-refractivity contribution in [2.45, 2.75) is 6.43 Å². The van der Waals surface area contributed by atoms with Gasteiger partial charge in [0, 0.05) is 11.1 Å². The number of halogens is 2. The fourth-order valence-electron chi connectivity index (χ4n) is 0.966. The Morgan fingerprint density at radius 1 is 1.46 bits per heavy atom. The third kappa shape index (κ3) is 2.00. The zero-order valence-electron chi connectivity index (χ0n) is 6.63. The van der Waals surface area contributed by atoms with Crippen LogP contribution in [0, 0.1) is 0 Å². The van der Waals surface area contributed by atoms with Crippen LogP contribution >= 0.6 is 0 Å². The molecule has 5 heteroatoms. The largest absolute Gasteiger partial charge is 0.324 e. The molecule has 0 saturated heterocycles. The minimum Gasteiger partial charge on any atom is -0.324 e. The lowest BCUT2D eigenvalue weighted by molar-refractivity contribution is 0.112. The van der Waals surface area contributed by atoms with Gasteiger partial charge in [-0.2, -0.15) is 0 Å². The molecule has 1 rings (SSSR count). The monoisotopic (exact) mass is 186 g/mol. The van der Waals surface area contributed by atoms with Crippen LogP contribution in [0.3, 0.4) is 0 Å². The van der Waals surface area contributed by atoms with Crippen LogP contribution in [0.5, 0.6) is 0 Å². The van der Waals surface area contributed by atoms with Crippen LogP contribution in [-0.2, 0) is 0 Å². The van der Waals surface area contributed by atoms with Crippen molar-refractivity contribution in [1.29, 1.82) is 0 Å². The van der Waals surface area contributed by atoms with Gasteiger partial charge in [-0.1, -0.05) is 0 Å². The number of carbonyl (C=O) groups is 1. The van der Waals surface area contributed by atoms with E-state index in [1.54, 1.807) is 0 Å². The highest BCUT2D eigenvalue weighted by Crippen LogP contribution is 2.26. The first kappa shape index (κ1) is 9.60. The molecule has 1 aromatic carbocycles. The molecular weight excluding hydrogens is 178 g/mol. The Hall–Kier alpha value is -1.49. The van der Waals surface area contributed by atoms with E-state index in [9.17, 15) is 13.6 Å². The fraction of sp³-hybridized carbons (Fsp3) is 0.125. The third-order valence-corrected chi connectivity index (χ3v) is 1.60. The highest BCUT2D eigenvalue weighted by Gasteiger charge is 2.12. The molecule has 70 valence electrons. The average Bonchev–Trinajstić information content (AvgIpc) is 2.16. The Morgan fingerprint density at radius 2 is 2.15 bits per heavy atom. The van der Waals surface area contributed by atoms with Gasteiger partial charge in [0.1, 0.15) is 6.29 Å². The van der Waals surface area contributed by atoms with Crippen molar-refractivity contribution in [1.82, 2.24) is 0 Å². The summed E-state index contributed by atoms with van der Waals surface area (Å²) in [6.07, 6.45) is -2.14. The molecule has 0 aliphatic rings. The van der Waals surface area contributed by atoms with Crippen LogP contribution in [0.15, 0.2) is 18.2 Å². The van der Waals surface area contributed by atoms with Crippen molar-refractivity contribution >= 4 is 12.0 Å². The van der Waals surface area contributed by atoms with Gasteiger partial charge in [-0.25, -0.2) is 8.78 Å². The van der Waals surface area contributed by atoms with E-state index < -0.39 is 6.43 Å². The standard InChI is InChI=1S/C8H8F2N2O/c9-8(10)6-3-5(4-13)1-2-7(6)12-11/h1-4,8,12H,11H2. The normalized spacial score (nSPS) is 10.2. The lowest BCUT2D eigenvalue weighted by atomic mass is 10.1. The Labute approximate surface area is 73.5 Å². The van der Waals surface area contributed by atoms with E-state index >= 15 is 0 Å². The predicted octanol–water partition coefficient (Wildman–Crippen LogP) is 1.72. The lowest BCUT2D eigenvalue weighted by Gasteiger charge is -2.07. The second kappa shape index (κ2) is 3.95. The maximum absolute atomic E-state index is 12.3. The van der Waals surface area contributed by atoms with E-state index in [0.29, 0.717) is 6.29 Å². The summed E-state index contributed by atoms with van der Waals surface area (Å²) in [4.78, 5) is 10.3. The molecule has 0 heterocycles. The molecule has 13 heavy (non-hydrogen) atoms. The van der Waals surface area contributed by atoms with Gasteiger partial charge in [0.2, 0.25) is 0 Å². The SMILES string of the molecule is NNc1ccc(C=O)cc1C(F)F. The molecule has 0 unspecified atom stereocenters. The zero-order valence-corrected chi connectivity index (χ0v) is 6.63. The maximum atomic E-state index is 12.3. The Morgan fingerprint density at radius 3 is 2.62 bits per heavy atom. The van der Waals surface area contributed by atoms with E-state index in [4.69, 9.17) is 5.84 Å². The van der Waals surface area contributed by atoms with E-state index in [1.807, 2.05) is 0 Å². The van der Waals surface area contributed by atoms with Crippen LogP contribution in [0.1, 0.15) is 22.3 Å². The molecule has 0 saturated carbocycles. The average molecular weight is 186 g/mol. The van der Waals surface area contributed by atoms with Gasteiger partial charge < -0.3 is 5.43 Å². The van der Waals surface area contributed by atoms with E-state index in [0.717, 1.165) is 6.07 Å². The van der Waals surface area contributed by atoms with E-state index in [-0.39, 0.29) is 16.8 Å². The smallest absolute Gasteiger partial charge is 0.265 e. The first-order chi connectivity index (χ1) is 6.19. The van der Waals surface area contributed by atoms with Crippen molar-refractivity contribution in [3.63, 3.8) is 0 Å². The number of carbonyl (C=O) groups excluding carboxylic acids is 1. The molecule has 0 bridgehead atoms. The summed E-state index contributed by atoms with van der Waals surface area (Å²) in [6, 6.07) is 3.85. The molecule has 0 amide bonds. The number of hydrazine groups is 1. The number of anilines is 1. The van der Waals surface area contributed by atoms with Crippen LogP contribution in [-0.4, -0.2) is 6.29 Å². The Bertz CT molecular complexity index is 315. The molecule has 0 spiro atoms. The van der Waals surface area contributed by atoms with Crippen LogP contribution in [0.25, 0.3) is 0 Å². The molecule has 3 N–H and O–H groups in total. The molecular formula is C8H8F2N2O. The summed E-state index contributed by atoms with van der Waals surface area (Å²) in [5, 5.41) is 0. The van der Waals surface area contributed by atoms with Gasteiger partial charge in [0.05, 0.1) is 5.69 Å². The van der Waals surface area contributed by atoms with Crippen molar-refractivity contribution < 1.29 is 13.6 Å². The molecule has 0 aromatic heterocycles. The summed E-state index contributed by atoms with van der Waals surface area (Å²) < 4.78 is 24.6. The number of hydrogen-bond acceptors (Lipinski definition) is 3. The highest BCUT2D eigenvalue weighted by molar-refractivity contribution is 5.76. The second-order valence-electron chi connectivity index (χ2n) is 2.41. The first-order valence-corrected chi connectivity index (χ1v) is 3.53. The lowest BCUT2D eigenvalue weighted by Crippen LogP contribution is -2.09. The summed E-state index contributed by atoms with van der Waals surface area (Å²) in [5.74, 6) is 5.01. The fourth-order valence-corrected chi connectivity index (χ4v) is 0.966. The quantitative estimate of drug-likeness (QED) is 0.429. The van der Waals surface area contributed by atoms with Crippen LogP contribution in [0.4, 0.5) is 14.5 Å². The number of benzene rings is 1. The number of nitrogens with two attached hydrogens (primary N) is 1. The number of aldehydes is 1. The minimum atomic E-state index is -2.65. The number of alkyl halides is 2. The summed E-state index contributed by atoms with van der Waals surface area (Å²) >= 11 is 0. The summed E-state index contributed by atoms with van der Waals surface area (Å²) in [6.45, 7) is 0. The van der Waals surface area contributed by atoms with Crippen molar-refractivity contribution in [3.05, 3.63) is 29.3 Å². The number of rotatable bonds is 3. The van der Waals surface area contributed by atoms with Crippen molar-refractivity contribution in [3.8, 4) is 0 Å². The number of hydrogen-bond donors (Lipinski definition) is 2. The molecule has 0 fully saturated rings. The van der Waals surface area contributed by atoms with Gasteiger partial charge in [-0.3, -0.25) is 10.6 Å². The molecule has 1 aromatic rings. The molecule has 0 aliphatic heterocycles. The molecule has 3 nitrogen and oxygen atoms in total. The number of nitrogens with one attached hydrogen (secondary N) is 1. The van der Waals surface area contributed by atoms with Gasteiger partial charge in [-0.05, 0) is 18.2 Å². The molecule has 0 radical (unpaired) electrons. The van der Waals surface area contributed by atoms with Gasteiger partial charge in [0.25, 0.3) is 6.43 Å². The van der Waals surface area contributed by atoms with Gasteiger partial charge in [0.15, 0.2) is 0 Å². The molecule has 0 aliphatic carbocycles. The third-order valence-electron chi connectivity index (χ3n) is 1.60. The predicted molar refractivity (Wildman–Crippen MR) is 44.6 cm³/mol. The van der Waals surface area contributed by atoms with Crippen molar-refractivity contribution in [2.75, 3.05) is 5.43 Å². The van der Waals surface area contributed by atoms with Gasteiger partial charge >= 0.3 is 0 Å². The van der Waals surface area contributed by atoms with Crippen LogP contribution in [0.2, 0.25) is 0 Å². The number of nitrogen functional groups attached to an aromatic ring is 1. The van der Waals surface area contributed by atoms with E-state index in [1.165, 1.54) is 12.1 Å². The Balaban J connectivity index is 3.17. The maximum Gasteiger partial charge on any atom is 0.265 e.